The van der Waals surface area contributed by atoms with Gasteiger partial charge in [0.1, 0.15) is 0 Å². The number of morpholine rings is 1. The van der Waals surface area contributed by atoms with Crippen LogP contribution in [0.3, 0.4) is 0 Å². The molecule has 25 heavy (non-hydrogen) atoms. The molecule has 0 amide bonds. The number of carbonyl (C=O) groups is 1. The smallest absolute Gasteiger partial charge is 0.341 e. The van der Waals surface area contributed by atoms with Crippen LogP contribution in [0.5, 0.6) is 0 Å². The molecule has 1 aliphatic rings. The summed E-state index contributed by atoms with van der Waals surface area (Å²) >= 11 is 0. The molecule has 0 spiro atoms. The first-order valence-electron chi connectivity index (χ1n) is 8.31. The molecule has 0 saturated carbocycles. The molecule has 132 valence electrons. The fourth-order valence-corrected chi connectivity index (χ4v) is 2.61. The Morgan fingerprint density at radius 2 is 1.88 bits per heavy atom. The first-order valence-corrected chi connectivity index (χ1v) is 8.31. The number of esters is 1. The van der Waals surface area contributed by atoms with E-state index in [1.807, 2.05) is 12.1 Å². The lowest BCUT2D eigenvalue weighted by Crippen LogP contribution is -2.37. The predicted molar refractivity (Wildman–Crippen MR) is 94.1 cm³/mol. The molecule has 0 aliphatic carbocycles. The summed E-state index contributed by atoms with van der Waals surface area (Å²) in [6, 6.07) is 8.22. The monoisotopic (exact) mass is 342 g/mol. The van der Waals surface area contributed by atoms with Crippen LogP contribution in [0.4, 0.5) is 11.6 Å². The van der Waals surface area contributed by atoms with Gasteiger partial charge in [0.05, 0.1) is 25.9 Å². The topological polar surface area (TPSA) is 76.6 Å². The SMILES string of the molecule is COC(=O)c1cnc(Nc2ccc(CCN3CCOCC3)cc2)nc1. The summed E-state index contributed by atoms with van der Waals surface area (Å²) in [4.78, 5) is 22.0. The van der Waals surface area contributed by atoms with Crippen LogP contribution < -0.4 is 5.32 Å². The molecule has 7 nitrogen and oxygen atoms in total. The lowest BCUT2D eigenvalue weighted by molar-refractivity contribution is 0.0384. The van der Waals surface area contributed by atoms with Crippen molar-refractivity contribution in [2.75, 3.05) is 45.3 Å². The quantitative estimate of drug-likeness (QED) is 0.803. The molecule has 0 bridgehead atoms. The van der Waals surface area contributed by atoms with Crippen molar-refractivity contribution in [3.63, 3.8) is 0 Å². The Balaban J connectivity index is 1.52. The number of ether oxygens (including phenoxy) is 2. The van der Waals surface area contributed by atoms with Crippen LogP contribution in [-0.4, -0.2) is 60.8 Å². The molecule has 7 heteroatoms. The highest BCUT2D eigenvalue weighted by Crippen LogP contribution is 2.15. The van der Waals surface area contributed by atoms with Crippen molar-refractivity contribution in [2.24, 2.45) is 0 Å². The number of nitrogens with one attached hydrogen (secondary N) is 1. The molecule has 3 rings (SSSR count). The minimum atomic E-state index is -0.448. The highest BCUT2D eigenvalue weighted by atomic mass is 16.5. The van der Waals surface area contributed by atoms with E-state index in [1.165, 1.54) is 25.1 Å². The fraction of sp³-hybridized carbons (Fsp3) is 0.389. The number of hydrogen-bond donors (Lipinski definition) is 1. The van der Waals surface area contributed by atoms with Gasteiger partial charge in [-0.1, -0.05) is 12.1 Å². The second-order valence-electron chi connectivity index (χ2n) is 5.81. The molecule has 0 radical (unpaired) electrons. The molecule has 1 aromatic carbocycles. The molecular weight excluding hydrogens is 320 g/mol. The highest BCUT2D eigenvalue weighted by molar-refractivity contribution is 5.88. The molecule has 0 unspecified atom stereocenters. The van der Waals surface area contributed by atoms with Crippen LogP contribution >= 0.6 is 0 Å². The first kappa shape index (κ1) is 17.3. The minimum absolute atomic E-state index is 0.325. The van der Waals surface area contributed by atoms with E-state index >= 15 is 0 Å². The Kier molecular flexibility index (Phi) is 5.92. The van der Waals surface area contributed by atoms with Crippen molar-refractivity contribution >= 4 is 17.6 Å². The van der Waals surface area contributed by atoms with Crippen LogP contribution in [0.1, 0.15) is 15.9 Å². The van der Waals surface area contributed by atoms with E-state index in [0.717, 1.165) is 45.0 Å². The molecular formula is C18H22N4O3. The van der Waals surface area contributed by atoms with E-state index in [0.29, 0.717) is 11.5 Å². The number of benzene rings is 1. The van der Waals surface area contributed by atoms with Gasteiger partial charge in [0.25, 0.3) is 0 Å². The number of rotatable bonds is 6. The van der Waals surface area contributed by atoms with Gasteiger partial charge in [0.2, 0.25) is 5.95 Å². The van der Waals surface area contributed by atoms with Crippen molar-refractivity contribution in [3.8, 4) is 0 Å². The molecule has 1 aromatic heterocycles. The van der Waals surface area contributed by atoms with Crippen molar-refractivity contribution in [2.45, 2.75) is 6.42 Å². The molecule has 1 N–H and O–H groups in total. The van der Waals surface area contributed by atoms with E-state index < -0.39 is 5.97 Å². The van der Waals surface area contributed by atoms with Gasteiger partial charge in [0.15, 0.2) is 0 Å². The number of hydrogen-bond acceptors (Lipinski definition) is 7. The standard InChI is InChI=1S/C18H22N4O3/c1-24-17(23)15-12-19-18(20-13-15)21-16-4-2-14(3-5-16)6-7-22-8-10-25-11-9-22/h2-5,12-13H,6-11H2,1H3,(H,19,20,21). The molecule has 2 heterocycles. The van der Waals surface area contributed by atoms with Crippen molar-refractivity contribution in [3.05, 3.63) is 47.8 Å². The molecule has 1 fully saturated rings. The number of anilines is 2. The van der Waals surface area contributed by atoms with Gasteiger partial charge in [-0.2, -0.15) is 0 Å². The van der Waals surface area contributed by atoms with Crippen molar-refractivity contribution in [1.82, 2.24) is 14.9 Å². The summed E-state index contributed by atoms with van der Waals surface area (Å²) in [7, 11) is 1.33. The maximum Gasteiger partial charge on any atom is 0.341 e. The zero-order valence-electron chi connectivity index (χ0n) is 14.3. The first-order chi connectivity index (χ1) is 12.2. The van der Waals surface area contributed by atoms with E-state index in [1.54, 1.807) is 0 Å². The summed E-state index contributed by atoms with van der Waals surface area (Å²) < 4.78 is 9.99. The Morgan fingerprint density at radius 1 is 1.20 bits per heavy atom. The number of methoxy groups -OCH3 is 1. The van der Waals surface area contributed by atoms with E-state index in [4.69, 9.17) is 4.74 Å². The molecule has 2 aromatic rings. The Bertz CT molecular complexity index is 682. The van der Waals surface area contributed by atoms with E-state index in [-0.39, 0.29) is 0 Å². The summed E-state index contributed by atoms with van der Waals surface area (Å²) in [6.07, 6.45) is 3.90. The van der Waals surface area contributed by atoms with Gasteiger partial charge < -0.3 is 14.8 Å². The van der Waals surface area contributed by atoms with Crippen molar-refractivity contribution < 1.29 is 14.3 Å². The summed E-state index contributed by atoms with van der Waals surface area (Å²) in [6.45, 7) is 4.74. The number of carbonyl (C=O) groups excluding carboxylic acids is 1. The summed E-state index contributed by atoms with van der Waals surface area (Å²) in [5.74, 6) is -0.00936. The Morgan fingerprint density at radius 3 is 2.52 bits per heavy atom. The van der Waals surface area contributed by atoms with Gasteiger partial charge >= 0.3 is 5.97 Å². The third kappa shape index (κ3) is 4.98. The average molecular weight is 342 g/mol. The maximum atomic E-state index is 11.4. The average Bonchev–Trinajstić information content (AvgIpc) is 2.68. The van der Waals surface area contributed by atoms with Gasteiger partial charge in [-0.3, -0.25) is 4.90 Å². The number of nitrogens with zero attached hydrogens (tertiary/aromatic N) is 3. The van der Waals surface area contributed by atoms with Crippen LogP contribution in [0.15, 0.2) is 36.7 Å². The Hall–Kier alpha value is -2.51. The van der Waals surface area contributed by atoms with Crippen LogP contribution in [0, 0.1) is 0 Å². The molecule has 1 saturated heterocycles. The third-order valence-electron chi connectivity index (χ3n) is 4.10. The maximum absolute atomic E-state index is 11.4. The van der Waals surface area contributed by atoms with Crippen LogP contribution in [0.25, 0.3) is 0 Å². The zero-order valence-corrected chi connectivity index (χ0v) is 14.3. The zero-order chi connectivity index (χ0) is 17.5. The van der Waals surface area contributed by atoms with Gasteiger partial charge in [0, 0.05) is 37.7 Å². The van der Waals surface area contributed by atoms with E-state index in [9.17, 15) is 4.79 Å². The largest absolute Gasteiger partial charge is 0.465 e. The summed E-state index contributed by atoms with van der Waals surface area (Å²) in [5, 5.41) is 3.12. The van der Waals surface area contributed by atoms with Crippen LogP contribution in [0.2, 0.25) is 0 Å². The fourth-order valence-electron chi connectivity index (χ4n) is 2.61. The van der Waals surface area contributed by atoms with E-state index in [2.05, 4.69) is 37.1 Å². The predicted octanol–water partition coefficient (Wildman–Crippen LogP) is 1.88. The lowest BCUT2D eigenvalue weighted by atomic mass is 10.1. The number of aromatic nitrogens is 2. The van der Waals surface area contributed by atoms with Crippen LogP contribution in [-0.2, 0) is 15.9 Å². The van der Waals surface area contributed by atoms with Gasteiger partial charge in [-0.15, -0.1) is 0 Å². The van der Waals surface area contributed by atoms with Crippen molar-refractivity contribution in [1.29, 1.82) is 0 Å². The minimum Gasteiger partial charge on any atom is -0.465 e. The van der Waals surface area contributed by atoms with Gasteiger partial charge in [-0.05, 0) is 24.1 Å². The second kappa shape index (κ2) is 8.55. The second-order valence-corrected chi connectivity index (χ2v) is 5.81. The lowest BCUT2D eigenvalue weighted by Gasteiger charge is -2.26. The molecule has 0 atom stereocenters. The Labute approximate surface area is 147 Å². The van der Waals surface area contributed by atoms with Gasteiger partial charge in [-0.25, -0.2) is 14.8 Å². The summed E-state index contributed by atoms with van der Waals surface area (Å²) in [5.41, 5.74) is 2.52. The molecule has 1 aliphatic heterocycles. The third-order valence-corrected chi connectivity index (χ3v) is 4.10. The normalized spacial score (nSPS) is 14.9. The highest BCUT2D eigenvalue weighted by Gasteiger charge is 2.10.